The highest BCUT2D eigenvalue weighted by molar-refractivity contribution is 6.04. The molecule has 80 valence electrons. The van der Waals surface area contributed by atoms with Crippen molar-refractivity contribution in [3.63, 3.8) is 0 Å². The summed E-state index contributed by atoms with van der Waals surface area (Å²) in [7, 11) is 3.29. The lowest BCUT2D eigenvalue weighted by Crippen LogP contribution is -2.20. The minimum Gasteiger partial charge on any atom is -0.496 e. The molecule has 15 heavy (non-hydrogen) atoms. The molecule has 0 spiro atoms. The average Bonchev–Trinajstić information content (AvgIpc) is 2.81. The quantitative estimate of drug-likeness (QED) is 0.804. The smallest absolute Gasteiger partial charge is 0.136 e. The molecule has 0 bridgehead atoms. The number of hydrogen-bond donors (Lipinski definition) is 1. The highest BCUT2D eigenvalue weighted by Gasteiger charge is 2.17. The van der Waals surface area contributed by atoms with Gasteiger partial charge < -0.3 is 14.8 Å². The predicted octanol–water partition coefficient (Wildman–Crippen LogP) is 1.05. The Morgan fingerprint density at radius 1 is 1.20 bits per heavy atom. The summed E-state index contributed by atoms with van der Waals surface area (Å²) in [5.41, 5.74) is 0.903. The zero-order chi connectivity index (χ0) is 10.7. The summed E-state index contributed by atoms with van der Waals surface area (Å²) in [6.07, 6.45) is 0. The Kier molecular flexibility index (Phi) is 2.76. The fourth-order valence-electron chi connectivity index (χ4n) is 1.65. The molecule has 1 aliphatic heterocycles. The van der Waals surface area contributed by atoms with Gasteiger partial charge in [0.15, 0.2) is 0 Å². The van der Waals surface area contributed by atoms with Gasteiger partial charge >= 0.3 is 0 Å². The summed E-state index contributed by atoms with van der Waals surface area (Å²) in [6, 6.07) is 5.71. The second kappa shape index (κ2) is 4.21. The monoisotopic (exact) mass is 206 g/mol. The normalized spacial score (nSPS) is 14.4. The molecule has 0 radical (unpaired) electrons. The van der Waals surface area contributed by atoms with E-state index < -0.39 is 0 Å². The van der Waals surface area contributed by atoms with E-state index in [4.69, 9.17) is 9.47 Å². The van der Waals surface area contributed by atoms with Crippen molar-refractivity contribution >= 4 is 5.84 Å². The third-order valence-electron chi connectivity index (χ3n) is 2.34. The van der Waals surface area contributed by atoms with Crippen molar-refractivity contribution in [2.75, 3.05) is 27.3 Å². The number of amidine groups is 1. The molecule has 4 nitrogen and oxygen atoms in total. The van der Waals surface area contributed by atoms with Crippen molar-refractivity contribution in [3.8, 4) is 11.5 Å². The Morgan fingerprint density at radius 2 is 1.87 bits per heavy atom. The molecule has 0 amide bonds. The first-order valence-electron chi connectivity index (χ1n) is 4.86. The first kappa shape index (κ1) is 9.83. The Bertz CT molecular complexity index is 366. The van der Waals surface area contributed by atoms with E-state index >= 15 is 0 Å². The second-order valence-corrected chi connectivity index (χ2v) is 3.19. The standard InChI is InChI=1S/C11H14N2O2/c1-14-8-4-3-5-9(15-2)10(8)11-12-6-7-13-11/h3-5H,6-7H2,1-2H3,(H,12,13). The van der Waals surface area contributed by atoms with Crippen LogP contribution in [0.1, 0.15) is 5.56 Å². The fraction of sp³-hybridized carbons (Fsp3) is 0.364. The number of nitrogens with zero attached hydrogens (tertiary/aromatic N) is 1. The maximum absolute atomic E-state index is 5.30. The summed E-state index contributed by atoms with van der Waals surface area (Å²) in [5.74, 6) is 2.41. The summed E-state index contributed by atoms with van der Waals surface area (Å²) < 4.78 is 10.6. The lowest BCUT2D eigenvalue weighted by Gasteiger charge is -2.12. The number of methoxy groups -OCH3 is 2. The van der Waals surface area contributed by atoms with E-state index in [-0.39, 0.29) is 0 Å². The first-order chi connectivity index (χ1) is 7.36. The van der Waals surface area contributed by atoms with E-state index in [2.05, 4.69) is 10.3 Å². The zero-order valence-corrected chi connectivity index (χ0v) is 8.91. The van der Waals surface area contributed by atoms with Gasteiger partial charge in [-0.25, -0.2) is 0 Å². The van der Waals surface area contributed by atoms with Crippen LogP contribution in [0.25, 0.3) is 0 Å². The van der Waals surface area contributed by atoms with Gasteiger partial charge in [0.05, 0.1) is 20.8 Å². The van der Waals surface area contributed by atoms with Crippen LogP contribution in [0.2, 0.25) is 0 Å². The summed E-state index contributed by atoms with van der Waals surface area (Å²) in [4.78, 5) is 4.37. The van der Waals surface area contributed by atoms with Crippen molar-refractivity contribution < 1.29 is 9.47 Å². The van der Waals surface area contributed by atoms with Gasteiger partial charge in [0.25, 0.3) is 0 Å². The van der Waals surface area contributed by atoms with Crippen LogP contribution in [-0.2, 0) is 0 Å². The van der Waals surface area contributed by atoms with Crippen LogP contribution in [-0.4, -0.2) is 33.1 Å². The summed E-state index contributed by atoms with van der Waals surface area (Å²) in [5, 5.41) is 3.21. The van der Waals surface area contributed by atoms with Gasteiger partial charge in [-0.2, -0.15) is 0 Å². The molecule has 0 fully saturated rings. The van der Waals surface area contributed by atoms with Crippen molar-refractivity contribution in [1.29, 1.82) is 0 Å². The average molecular weight is 206 g/mol. The van der Waals surface area contributed by atoms with Crippen LogP contribution in [0.4, 0.5) is 0 Å². The Hall–Kier alpha value is -1.71. The van der Waals surface area contributed by atoms with Crippen molar-refractivity contribution in [2.24, 2.45) is 4.99 Å². The molecule has 1 aromatic rings. The van der Waals surface area contributed by atoms with E-state index in [1.807, 2.05) is 18.2 Å². The molecule has 2 rings (SSSR count). The molecule has 0 aliphatic carbocycles. The third kappa shape index (κ3) is 1.75. The lowest BCUT2D eigenvalue weighted by atomic mass is 10.1. The molecule has 0 aromatic heterocycles. The van der Waals surface area contributed by atoms with E-state index in [0.717, 1.165) is 36.0 Å². The van der Waals surface area contributed by atoms with Crippen molar-refractivity contribution in [3.05, 3.63) is 23.8 Å². The fourth-order valence-corrected chi connectivity index (χ4v) is 1.65. The highest BCUT2D eigenvalue weighted by Crippen LogP contribution is 2.28. The molecule has 1 aromatic carbocycles. The Labute approximate surface area is 88.9 Å². The molecule has 1 aliphatic rings. The van der Waals surface area contributed by atoms with Crippen LogP contribution in [0, 0.1) is 0 Å². The molecule has 1 heterocycles. The molecule has 0 saturated carbocycles. The van der Waals surface area contributed by atoms with Gasteiger partial charge in [-0.15, -0.1) is 0 Å². The molecular weight excluding hydrogens is 192 g/mol. The number of benzene rings is 1. The van der Waals surface area contributed by atoms with E-state index in [9.17, 15) is 0 Å². The minimum absolute atomic E-state index is 0.780. The molecule has 1 N–H and O–H groups in total. The van der Waals surface area contributed by atoms with Gasteiger partial charge in [0.2, 0.25) is 0 Å². The predicted molar refractivity (Wildman–Crippen MR) is 59.0 cm³/mol. The van der Waals surface area contributed by atoms with Gasteiger partial charge in [-0.1, -0.05) is 6.07 Å². The molecule has 4 heteroatoms. The third-order valence-corrected chi connectivity index (χ3v) is 2.34. The summed E-state index contributed by atoms with van der Waals surface area (Å²) >= 11 is 0. The van der Waals surface area contributed by atoms with E-state index in [1.165, 1.54) is 0 Å². The molecule has 0 saturated heterocycles. The number of nitrogens with one attached hydrogen (secondary N) is 1. The minimum atomic E-state index is 0.780. The van der Waals surface area contributed by atoms with Gasteiger partial charge in [-0.05, 0) is 12.1 Å². The van der Waals surface area contributed by atoms with Crippen molar-refractivity contribution in [1.82, 2.24) is 5.32 Å². The van der Waals surface area contributed by atoms with Crippen molar-refractivity contribution in [2.45, 2.75) is 0 Å². The van der Waals surface area contributed by atoms with Crippen LogP contribution < -0.4 is 14.8 Å². The lowest BCUT2D eigenvalue weighted by molar-refractivity contribution is 0.392. The largest absolute Gasteiger partial charge is 0.496 e. The number of aliphatic imine (C=N–C) groups is 1. The molecular formula is C11H14N2O2. The molecule has 0 unspecified atom stereocenters. The van der Waals surface area contributed by atoms with Crippen LogP contribution in [0.15, 0.2) is 23.2 Å². The Balaban J connectivity index is 2.49. The zero-order valence-electron chi connectivity index (χ0n) is 8.91. The second-order valence-electron chi connectivity index (χ2n) is 3.19. The highest BCUT2D eigenvalue weighted by atomic mass is 16.5. The topological polar surface area (TPSA) is 42.9 Å². The number of hydrogen-bond acceptors (Lipinski definition) is 4. The molecule has 0 atom stereocenters. The van der Waals surface area contributed by atoms with E-state index in [1.54, 1.807) is 14.2 Å². The van der Waals surface area contributed by atoms with Gasteiger partial charge in [0.1, 0.15) is 22.9 Å². The van der Waals surface area contributed by atoms with E-state index in [0.29, 0.717) is 0 Å². The van der Waals surface area contributed by atoms with Crippen LogP contribution in [0.5, 0.6) is 11.5 Å². The Morgan fingerprint density at radius 3 is 2.33 bits per heavy atom. The van der Waals surface area contributed by atoms with Gasteiger partial charge in [-0.3, -0.25) is 4.99 Å². The number of ether oxygens (including phenoxy) is 2. The maximum atomic E-state index is 5.30. The SMILES string of the molecule is COc1cccc(OC)c1C1=NCCN1. The first-order valence-corrected chi connectivity index (χ1v) is 4.86. The van der Waals surface area contributed by atoms with Crippen LogP contribution in [0.3, 0.4) is 0 Å². The van der Waals surface area contributed by atoms with Crippen LogP contribution >= 0.6 is 0 Å². The number of rotatable bonds is 3. The summed E-state index contributed by atoms with van der Waals surface area (Å²) in [6.45, 7) is 1.67. The van der Waals surface area contributed by atoms with Gasteiger partial charge in [0, 0.05) is 6.54 Å². The maximum Gasteiger partial charge on any atom is 0.136 e.